The minimum atomic E-state index is -4.56. The number of hydrogen-bond donors (Lipinski definition) is 3. The Bertz CT molecular complexity index is 1930. The van der Waals surface area contributed by atoms with Crippen molar-refractivity contribution in [1.29, 1.82) is 0 Å². The Labute approximate surface area is 254 Å². The van der Waals surface area contributed by atoms with Gasteiger partial charge in [-0.1, -0.05) is 18.2 Å². The lowest BCUT2D eigenvalue weighted by molar-refractivity contribution is -0.137. The summed E-state index contributed by atoms with van der Waals surface area (Å²) in [5, 5.41) is 5.68. The highest BCUT2D eigenvalue weighted by atomic mass is 19.4. The lowest BCUT2D eigenvalue weighted by atomic mass is 9.83. The van der Waals surface area contributed by atoms with Crippen LogP contribution < -0.4 is 16.4 Å². The lowest BCUT2D eigenvalue weighted by Crippen LogP contribution is -2.45. The molecule has 4 heterocycles. The van der Waals surface area contributed by atoms with Crippen molar-refractivity contribution in [1.82, 2.24) is 29.7 Å². The van der Waals surface area contributed by atoms with Crippen LogP contribution in [-0.4, -0.2) is 41.7 Å². The standard InChI is InChI=1S/C32H27F3N8O2/c33-32(34,35)21-8-14-38-23(17-21)40-27(44)20-6-4-19(5-7-20)24-25-26(36)39-15-16-43(25)29(41-24)30-9-11-31(18-30,12-10-30)42-28(45)22-3-1-2-13-37-22/h1-8,13-17H,9-12,18H2,(H2,36,39)(H,42,45)(H,38,40,44). The van der Waals surface area contributed by atoms with Gasteiger partial charge in [0, 0.05) is 46.9 Å². The summed E-state index contributed by atoms with van der Waals surface area (Å²) in [6.07, 6.45) is 5.50. The second-order valence-corrected chi connectivity index (χ2v) is 11.7. The Morgan fingerprint density at radius 1 is 0.889 bits per heavy atom. The number of nitrogens with one attached hydrogen (secondary N) is 2. The van der Waals surface area contributed by atoms with Crippen LogP contribution >= 0.6 is 0 Å². The minimum absolute atomic E-state index is 0.191. The topological polar surface area (TPSA) is 140 Å². The van der Waals surface area contributed by atoms with Crippen molar-refractivity contribution in [2.45, 2.75) is 49.2 Å². The Balaban J connectivity index is 1.16. The van der Waals surface area contributed by atoms with Gasteiger partial charge in [-0.25, -0.2) is 15.0 Å². The molecule has 2 fully saturated rings. The summed E-state index contributed by atoms with van der Waals surface area (Å²) in [5.41, 5.74) is 7.35. The molecular weight excluding hydrogens is 585 g/mol. The quantitative estimate of drug-likeness (QED) is 0.233. The zero-order valence-electron chi connectivity index (χ0n) is 23.8. The first-order chi connectivity index (χ1) is 21.6. The van der Waals surface area contributed by atoms with Crippen molar-refractivity contribution in [3.8, 4) is 11.3 Å². The van der Waals surface area contributed by atoms with Gasteiger partial charge in [0.1, 0.15) is 34.4 Å². The van der Waals surface area contributed by atoms with E-state index in [1.165, 1.54) is 0 Å². The van der Waals surface area contributed by atoms with E-state index in [1.54, 1.807) is 54.9 Å². The van der Waals surface area contributed by atoms with Crippen molar-refractivity contribution < 1.29 is 22.8 Å². The Hall–Kier alpha value is -5.33. The first-order valence-electron chi connectivity index (χ1n) is 14.4. The molecule has 4 N–H and O–H groups in total. The van der Waals surface area contributed by atoms with Crippen LogP contribution in [0.15, 0.2) is 79.4 Å². The van der Waals surface area contributed by atoms with Gasteiger partial charge in [-0.3, -0.25) is 19.0 Å². The Morgan fingerprint density at radius 3 is 2.38 bits per heavy atom. The van der Waals surface area contributed by atoms with Crippen LogP contribution in [0, 0.1) is 0 Å². The monoisotopic (exact) mass is 612 g/mol. The van der Waals surface area contributed by atoms with Gasteiger partial charge in [0.2, 0.25) is 0 Å². The van der Waals surface area contributed by atoms with E-state index >= 15 is 0 Å². The molecule has 2 aliphatic rings. The molecule has 0 unspecified atom stereocenters. The van der Waals surface area contributed by atoms with Crippen molar-refractivity contribution in [2.75, 3.05) is 11.1 Å². The number of pyridine rings is 2. The summed E-state index contributed by atoms with van der Waals surface area (Å²) in [6, 6.07) is 13.4. The molecular formula is C32H27F3N8O2. The number of imidazole rings is 1. The second kappa shape index (κ2) is 10.4. The molecule has 13 heteroatoms. The lowest BCUT2D eigenvalue weighted by Gasteiger charge is -2.28. The fourth-order valence-corrected chi connectivity index (χ4v) is 6.76. The molecule has 10 nitrogen and oxygen atoms in total. The first kappa shape index (κ1) is 28.4. The molecule has 7 rings (SSSR count). The Morgan fingerprint density at radius 2 is 1.67 bits per heavy atom. The van der Waals surface area contributed by atoms with Crippen LogP contribution in [0.4, 0.5) is 24.8 Å². The van der Waals surface area contributed by atoms with Gasteiger partial charge in [-0.05, 0) is 68.5 Å². The number of carbonyl (C=O) groups excluding carboxylic acids is 2. The maximum absolute atomic E-state index is 13.1. The van der Waals surface area contributed by atoms with Gasteiger partial charge in [0.15, 0.2) is 0 Å². The first-order valence-corrected chi connectivity index (χ1v) is 14.4. The average Bonchev–Trinajstić information content (AvgIpc) is 3.73. The summed E-state index contributed by atoms with van der Waals surface area (Å²) in [6.45, 7) is 0. The summed E-state index contributed by atoms with van der Waals surface area (Å²) < 4.78 is 41.2. The molecule has 5 aromatic rings. The van der Waals surface area contributed by atoms with Gasteiger partial charge < -0.3 is 16.4 Å². The zero-order chi connectivity index (χ0) is 31.4. The van der Waals surface area contributed by atoms with Crippen LogP contribution in [0.2, 0.25) is 0 Å². The summed E-state index contributed by atoms with van der Waals surface area (Å²) in [7, 11) is 0. The largest absolute Gasteiger partial charge is 0.416 e. The molecule has 2 aliphatic carbocycles. The van der Waals surface area contributed by atoms with Crippen LogP contribution in [0.5, 0.6) is 0 Å². The predicted molar refractivity (Wildman–Crippen MR) is 159 cm³/mol. The fraction of sp³-hybridized carbons (Fsp3) is 0.250. The predicted octanol–water partition coefficient (Wildman–Crippen LogP) is 5.42. The number of nitrogens with zero attached hydrogens (tertiary/aromatic N) is 5. The third-order valence-corrected chi connectivity index (χ3v) is 8.92. The van der Waals surface area contributed by atoms with Crippen LogP contribution in [0.1, 0.15) is 64.3 Å². The van der Waals surface area contributed by atoms with Crippen molar-refractivity contribution in [3.05, 3.63) is 102 Å². The number of carbonyl (C=O) groups is 2. The summed E-state index contributed by atoms with van der Waals surface area (Å²) in [5.74, 6) is 0.131. The molecule has 1 aromatic carbocycles. The van der Waals surface area contributed by atoms with Crippen LogP contribution in [0.3, 0.4) is 0 Å². The molecule has 2 amide bonds. The summed E-state index contributed by atoms with van der Waals surface area (Å²) >= 11 is 0. The molecule has 0 spiro atoms. The second-order valence-electron chi connectivity index (χ2n) is 11.7. The number of nitrogens with two attached hydrogens (primary N) is 1. The number of nitrogen functional groups attached to an aromatic ring is 1. The van der Waals surface area contributed by atoms with E-state index in [-0.39, 0.29) is 28.2 Å². The maximum Gasteiger partial charge on any atom is 0.416 e. The Kier molecular flexibility index (Phi) is 6.57. The number of benzene rings is 1. The van der Waals surface area contributed by atoms with Crippen LogP contribution in [0.25, 0.3) is 16.8 Å². The number of fused-ring (bicyclic) bond motifs is 3. The molecule has 45 heavy (non-hydrogen) atoms. The number of halogens is 3. The van der Waals surface area contributed by atoms with Crippen molar-refractivity contribution in [3.63, 3.8) is 0 Å². The molecule has 2 bridgehead atoms. The minimum Gasteiger partial charge on any atom is -0.382 e. The van der Waals surface area contributed by atoms with Gasteiger partial charge in [0.05, 0.1) is 5.56 Å². The van der Waals surface area contributed by atoms with E-state index in [0.29, 0.717) is 28.3 Å². The number of amides is 2. The van der Waals surface area contributed by atoms with E-state index in [9.17, 15) is 22.8 Å². The number of hydrogen-bond acceptors (Lipinski definition) is 7. The van der Waals surface area contributed by atoms with Crippen molar-refractivity contribution >= 4 is 29.0 Å². The molecule has 4 aromatic heterocycles. The van der Waals surface area contributed by atoms with Gasteiger partial charge in [0.25, 0.3) is 11.8 Å². The average molecular weight is 613 g/mol. The highest BCUT2D eigenvalue weighted by Crippen LogP contribution is 2.57. The number of alkyl halides is 3. The van der Waals surface area contributed by atoms with Gasteiger partial charge in [-0.15, -0.1) is 0 Å². The third kappa shape index (κ3) is 5.03. The highest BCUT2D eigenvalue weighted by Gasteiger charge is 2.57. The molecule has 228 valence electrons. The van der Waals surface area contributed by atoms with E-state index < -0.39 is 17.6 Å². The fourth-order valence-electron chi connectivity index (χ4n) is 6.76. The molecule has 2 saturated carbocycles. The molecule has 0 saturated heterocycles. The smallest absolute Gasteiger partial charge is 0.382 e. The number of anilines is 2. The third-order valence-electron chi connectivity index (χ3n) is 8.92. The van der Waals surface area contributed by atoms with Gasteiger partial charge in [-0.2, -0.15) is 13.2 Å². The van der Waals surface area contributed by atoms with Gasteiger partial charge >= 0.3 is 6.18 Å². The van der Waals surface area contributed by atoms with Crippen molar-refractivity contribution in [2.24, 2.45) is 0 Å². The molecule has 0 aliphatic heterocycles. The van der Waals surface area contributed by atoms with Crippen LogP contribution in [-0.2, 0) is 11.6 Å². The van der Waals surface area contributed by atoms with E-state index in [0.717, 1.165) is 56.3 Å². The zero-order valence-corrected chi connectivity index (χ0v) is 23.8. The number of rotatable bonds is 6. The summed E-state index contributed by atoms with van der Waals surface area (Å²) in [4.78, 5) is 43.3. The van der Waals surface area contributed by atoms with E-state index in [4.69, 9.17) is 10.7 Å². The maximum atomic E-state index is 13.1. The van der Waals surface area contributed by atoms with E-state index in [2.05, 4.69) is 25.6 Å². The van der Waals surface area contributed by atoms with E-state index in [1.807, 2.05) is 10.6 Å². The molecule has 0 atom stereocenters. The molecule has 0 radical (unpaired) electrons. The normalized spacial score (nSPS) is 20.8. The SMILES string of the molecule is Nc1nccn2c(C34CCC(NC(=O)c5ccccn5)(CC3)C4)nc(-c3ccc(C(=O)Nc4cc(C(F)(F)F)ccn4)cc3)c12. The highest BCUT2D eigenvalue weighted by molar-refractivity contribution is 6.04. The number of aromatic nitrogens is 5.